The van der Waals surface area contributed by atoms with Gasteiger partial charge in [-0.2, -0.15) is 0 Å². The Labute approximate surface area is 131 Å². The Bertz CT molecular complexity index is 776. The number of aromatic nitrogens is 2. The molecule has 0 aliphatic rings. The maximum absolute atomic E-state index is 13.6. The Morgan fingerprint density at radius 2 is 1.86 bits per heavy atom. The van der Waals surface area contributed by atoms with Crippen LogP contribution in [-0.4, -0.2) is 17.3 Å². The Morgan fingerprint density at radius 1 is 1.09 bits per heavy atom. The molecule has 0 saturated carbocycles. The first-order valence-corrected chi connectivity index (χ1v) is 7.59. The minimum Gasteiger partial charge on any atom is -0.496 e. The summed E-state index contributed by atoms with van der Waals surface area (Å²) in [6.45, 7) is 0. The molecule has 0 aliphatic heterocycles. The van der Waals surface area contributed by atoms with E-state index in [0.717, 1.165) is 5.56 Å². The highest BCUT2D eigenvalue weighted by Gasteiger charge is 2.13. The number of hydrogen-bond donors (Lipinski definition) is 0. The van der Waals surface area contributed by atoms with E-state index in [0.29, 0.717) is 28.2 Å². The molecule has 3 rings (SSSR count). The summed E-state index contributed by atoms with van der Waals surface area (Å²) in [7, 11) is 1.59. The lowest BCUT2D eigenvalue weighted by molar-refractivity contribution is 0.411. The van der Waals surface area contributed by atoms with Crippen LogP contribution in [0.15, 0.2) is 58.2 Å². The van der Waals surface area contributed by atoms with Crippen LogP contribution in [0.2, 0.25) is 0 Å². The molecule has 0 radical (unpaired) electrons. The van der Waals surface area contributed by atoms with E-state index < -0.39 is 0 Å². The zero-order valence-electron chi connectivity index (χ0n) is 11.8. The SMILES string of the molecule is COc1ccccc1-c1nnc(SCc2ccccc2F)o1. The number of halogens is 1. The van der Waals surface area contributed by atoms with Crippen LogP contribution in [0.1, 0.15) is 5.56 Å². The zero-order valence-corrected chi connectivity index (χ0v) is 12.6. The van der Waals surface area contributed by atoms with Crippen LogP contribution in [0.5, 0.6) is 5.75 Å². The Kier molecular flexibility index (Phi) is 4.39. The topological polar surface area (TPSA) is 48.2 Å². The molecule has 6 heteroatoms. The molecule has 1 aromatic heterocycles. The second kappa shape index (κ2) is 6.62. The van der Waals surface area contributed by atoms with Crippen molar-refractivity contribution >= 4 is 11.8 Å². The van der Waals surface area contributed by atoms with Crippen molar-refractivity contribution in [1.29, 1.82) is 0 Å². The van der Waals surface area contributed by atoms with Gasteiger partial charge in [0.25, 0.3) is 11.1 Å². The standard InChI is InChI=1S/C16H13FN2O2S/c1-20-14-9-5-3-7-12(14)15-18-19-16(21-15)22-10-11-6-2-4-8-13(11)17/h2-9H,10H2,1H3. The highest BCUT2D eigenvalue weighted by Crippen LogP contribution is 2.31. The lowest BCUT2D eigenvalue weighted by atomic mass is 10.2. The molecule has 0 amide bonds. The molecule has 2 aromatic carbocycles. The number of rotatable bonds is 5. The van der Waals surface area contributed by atoms with Gasteiger partial charge in [0, 0.05) is 5.75 Å². The van der Waals surface area contributed by atoms with Crippen LogP contribution < -0.4 is 4.74 Å². The minimum atomic E-state index is -0.237. The molecule has 0 aliphatic carbocycles. The Hall–Kier alpha value is -2.34. The van der Waals surface area contributed by atoms with Crippen LogP contribution >= 0.6 is 11.8 Å². The van der Waals surface area contributed by atoms with Crippen molar-refractivity contribution in [2.24, 2.45) is 0 Å². The molecule has 3 aromatic rings. The van der Waals surface area contributed by atoms with Crippen molar-refractivity contribution in [1.82, 2.24) is 10.2 Å². The van der Waals surface area contributed by atoms with E-state index in [1.165, 1.54) is 17.8 Å². The monoisotopic (exact) mass is 316 g/mol. The highest BCUT2D eigenvalue weighted by atomic mass is 32.2. The average molecular weight is 316 g/mol. The van der Waals surface area contributed by atoms with Gasteiger partial charge in [-0.15, -0.1) is 10.2 Å². The van der Waals surface area contributed by atoms with Crippen LogP contribution in [0.4, 0.5) is 4.39 Å². The summed E-state index contributed by atoms with van der Waals surface area (Å²) in [5.41, 5.74) is 1.33. The number of thioether (sulfide) groups is 1. The largest absolute Gasteiger partial charge is 0.496 e. The molecular formula is C16H13FN2O2S. The number of nitrogens with zero attached hydrogens (tertiary/aromatic N) is 2. The van der Waals surface area contributed by atoms with Crippen LogP contribution in [-0.2, 0) is 5.75 Å². The number of hydrogen-bond acceptors (Lipinski definition) is 5. The summed E-state index contributed by atoms with van der Waals surface area (Å²) < 4.78 is 24.4. The summed E-state index contributed by atoms with van der Waals surface area (Å²) in [5.74, 6) is 1.24. The van der Waals surface area contributed by atoms with E-state index in [4.69, 9.17) is 9.15 Å². The summed E-state index contributed by atoms with van der Waals surface area (Å²) in [6.07, 6.45) is 0. The van der Waals surface area contributed by atoms with Crippen LogP contribution in [0.25, 0.3) is 11.5 Å². The first kappa shape index (κ1) is 14.6. The fourth-order valence-corrected chi connectivity index (χ4v) is 2.70. The number of ether oxygens (including phenoxy) is 1. The van der Waals surface area contributed by atoms with Crippen molar-refractivity contribution < 1.29 is 13.5 Å². The van der Waals surface area contributed by atoms with Gasteiger partial charge in [-0.25, -0.2) is 4.39 Å². The molecule has 0 saturated heterocycles. The van der Waals surface area contributed by atoms with Gasteiger partial charge in [0.15, 0.2) is 0 Å². The molecule has 0 N–H and O–H groups in total. The fourth-order valence-electron chi connectivity index (χ4n) is 1.95. The third-order valence-electron chi connectivity index (χ3n) is 3.05. The summed E-state index contributed by atoms with van der Waals surface area (Å²) >= 11 is 1.30. The molecular weight excluding hydrogens is 303 g/mol. The van der Waals surface area contributed by atoms with Gasteiger partial charge < -0.3 is 9.15 Å². The quantitative estimate of drug-likeness (QED) is 0.661. The smallest absolute Gasteiger partial charge is 0.277 e. The lowest BCUT2D eigenvalue weighted by Crippen LogP contribution is -1.87. The van der Waals surface area contributed by atoms with Crippen molar-refractivity contribution in [3.63, 3.8) is 0 Å². The van der Waals surface area contributed by atoms with Crippen molar-refractivity contribution in [3.8, 4) is 17.2 Å². The average Bonchev–Trinajstić information content (AvgIpc) is 3.03. The predicted octanol–water partition coefficient (Wildman–Crippen LogP) is 4.18. The molecule has 4 nitrogen and oxygen atoms in total. The predicted molar refractivity (Wildman–Crippen MR) is 82.2 cm³/mol. The molecule has 0 atom stereocenters. The van der Waals surface area contributed by atoms with Crippen LogP contribution in [0, 0.1) is 5.82 Å². The number of methoxy groups -OCH3 is 1. The number of benzene rings is 2. The zero-order chi connectivity index (χ0) is 15.4. The molecule has 112 valence electrons. The first-order chi connectivity index (χ1) is 10.8. The second-order valence-electron chi connectivity index (χ2n) is 4.45. The first-order valence-electron chi connectivity index (χ1n) is 6.61. The maximum Gasteiger partial charge on any atom is 0.277 e. The Morgan fingerprint density at radius 3 is 2.68 bits per heavy atom. The van der Waals surface area contributed by atoms with E-state index in [9.17, 15) is 4.39 Å². The van der Waals surface area contributed by atoms with Gasteiger partial charge in [-0.05, 0) is 23.8 Å². The van der Waals surface area contributed by atoms with Gasteiger partial charge in [0.1, 0.15) is 11.6 Å². The van der Waals surface area contributed by atoms with E-state index in [1.54, 1.807) is 25.3 Å². The summed E-state index contributed by atoms with van der Waals surface area (Å²) in [5, 5.41) is 8.39. The molecule has 0 spiro atoms. The second-order valence-corrected chi connectivity index (χ2v) is 5.38. The number of para-hydroxylation sites is 1. The fraction of sp³-hybridized carbons (Fsp3) is 0.125. The van der Waals surface area contributed by atoms with Crippen molar-refractivity contribution in [3.05, 3.63) is 59.9 Å². The van der Waals surface area contributed by atoms with Crippen molar-refractivity contribution in [2.45, 2.75) is 11.0 Å². The van der Waals surface area contributed by atoms with E-state index >= 15 is 0 Å². The lowest BCUT2D eigenvalue weighted by Gasteiger charge is -2.03. The molecule has 1 heterocycles. The molecule has 0 unspecified atom stereocenters. The Balaban J connectivity index is 1.75. The van der Waals surface area contributed by atoms with Gasteiger partial charge >= 0.3 is 0 Å². The van der Waals surface area contributed by atoms with Gasteiger partial charge in [0.05, 0.1) is 12.7 Å². The van der Waals surface area contributed by atoms with Gasteiger partial charge in [0.2, 0.25) is 0 Å². The summed E-state index contributed by atoms with van der Waals surface area (Å²) in [4.78, 5) is 0. The van der Waals surface area contributed by atoms with Crippen LogP contribution in [0.3, 0.4) is 0 Å². The minimum absolute atomic E-state index is 0.237. The van der Waals surface area contributed by atoms with Gasteiger partial charge in [-0.1, -0.05) is 42.1 Å². The molecule has 0 fully saturated rings. The summed E-state index contributed by atoms with van der Waals surface area (Å²) in [6, 6.07) is 14.0. The van der Waals surface area contributed by atoms with Crippen molar-refractivity contribution in [2.75, 3.05) is 7.11 Å². The maximum atomic E-state index is 13.6. The van der Waals surface area contributed by atoms with E-state index in [1.807, 2.05) is 24.3 Å². The third-order valence-corrected chi connectivity index (χ3v) is 3.92. The van der Waals surface area contributed by atoms with E-state index in [2.05, 4.69) is 10.2 Å². The van der Waals surface area contributed by atoms with E-state index in [-0.39, 0.29) is 5.82 Å². The molecule has 0 bridgehead atoms. The highest BCUT2D eigenvalue weighted by molar-refractivity contribution is 7.98. The third kappa shape index (κ3) is 3.12. The van der Waals surface area contributed by atoms with Gasteiger partial charge in [-0.3, -0.25) is 0 Å². The molecule has 22 heavy (non-hydrogen) atoms. The normalized spacial score (nSPS) is 10.6.